The van der Waals surface area contributed by atoms with Gasteiger partial charge in [-0.05, 0) is 25.0 Å². The summed E-state index contributed by atoms with van der Waals surface area (Å²) in [5.41, 5.74) is 2.82. The van der Waals surface area contributed by atoms with Crippen molar-refractivity contribution in [1.29, 1.82) is 0 Å². The minimum Gasteiger partial charge on any atom is -0.481 e. The number of rotatable bonds is 3. The SMILES string of the molecule is Cc1cccc(C)c1NC(=O)N1CCSCC1CC(=O)O. The molecule has 1 heterocycles. The highest BCUT2D eigenvalue weighted by Crippen LogP contribution is 2.23. The van der Waals surface area contributed by atoms with Crippen LogP contribution in [-0.4, -0.2) is 46.1 Å². The van der Waals surface area contributed by atoms with Crippen LogP contribution >= 0.6 is 11.8 Å². The molecule has 1 saturated heterocycles. The number of urea groups is 1. The van der Waals surface area contributed by atoms with Crippen LogP contribution in [-0.2, 0) is 4.79 Å². The number of carbonyl (C=O) groups excluding carboxylic acids is 1. The van der Waals surface area contributed by atoms with Gasteiger partial charge in [-0.2, -0.15) is 11.8 Å². The van der Waals surface area contributed by atoms with Crippen LogP contribution in [0, 0.1) is 13.8 Å². The van der Waals surface area contributed by atoms with E-state index in [0.717, 1.165) is 22.6 Å². The first-order valence-corrected chi connectivity index (χ1v) is 8.08. The van der Waals surface area contributed by atoms with E-state index in [1.807, 2.05) is 32.0 Å². The number of amides is 2. The lowest BCUT2D eigenvalue weighted by Gasteiger charge is -2.34. The normalized spacial score (nSPS) is 18.4. The minimum absolute atomic E-state index is 0.00677. The Hall–Kier alpha value is -1.69. The highest BCUT2D eigenvalue weighted by atomic mass is 32.2. The molecule has 5 nitrogen and oxygen atoms in total. The van der Waals surface area contributed by atoms with Crippen LogP contribution in [0.3, 0.4) is 0 Å². The Bertz CT molecular complexity index is 527. The van der Waals surface area contributed by atoms with Crippen LogP contribution in [0.2, 0.25) is 0 Å². The molecule has 0 saturated carbocycles. The number of carbonyl (C=O) groups is 2. The number of hydrogen-bond acceptors (Lipinski definition) is 3. The number of aliphatic carboxylic acids is 1. The second-order valence-corrected chi connectivity index (χ2v) is 6.37. The maximum absolute atomic E-state index is 12.5. The van der Waals surface area contributed by atoms with Gasteiger partial charge in [-0.1, -0.05) is 18.2 Å². The number of anilines is 1. The molecule has 0 aliphatic carbocycles. The van der Waals surface area contributed by atoms with Gasteiger partial charge in [0.25, 0.3) is 0 Å². The molecular weight excluding hydrogens is 288 g/mol. The van der Waals surface area contributed by atoms with Gasteiger partial charge in [-0.3, -0.25) is 4.79 Å². The predicted molar refractivity (Wildman–Crippen MR) is 85.0 cm³/mol. The molecule has 1 aromatic carbocycles. The number of para-hydroxylation sites is 1. The van der Waals surface area contributed by atoms with Crippen molar-refractivity contribution < 1.29 is 14.7 Å². The van der Waals surface area contributed by atoms with E-state index in [9.17, 15) is 9.59 Å². The molecular formula is C15H20N2O3S. The van der Waals surface area contributed by atoms with Crippen LogP contribution in [0.15, 0.2) is 18.2 Å². The largest absolute Gasteiger partial charge is 0.481 e. The third kappa shape index (κ3) is 3.91. The van der Waals surface area contributed by atoms with Crippen molar-refractivity contribution in [3.05, 3.63) is 29.3 Å². The van der Waals surface area contributed by atoms with Crippen LogP contribution in [0.5, 0.6) is 0 Å². The van der Waals surface area contributed by atoms with Gasteiger partial charge in [0.2, 0.25) is 0 Å². The van der Waals surface area contributed by atoms with Crippen molar-refractivity contribution in [2.45, 2.75) is 26.3 Å². The number of thioether (sulfide) groups is 1. The van der Waals surface area contributed by atoms with E-state index in [4.69, 9.17) is 5.11 Å². The fraction of sp³-hybridized carbons (Fsp3) is 0.467. The fourth-order valence-electron chi connectivity index (χ4n) is 2.48. The van der Waals surface area contributed by atoms with Crippen LogP contribution in [0.25, 0.3) is 0 Å². The summed E-state index contributed by atoms with van der Waals surface area (Å²) in [6, 6.07) is 5.39. The van der Waals surface area contributed by atoms with Crippen LogP contribution in [0.1, 0.15) is 17.5 Å². The summed E-state index contributed by atoms with van der Waals surface area (Å²) in [7, 11) is 0. The number of aryl methyl sites for hydroxylation is 2. The summed E-state index contributed by atoms with van der Waals surface area (Å²) in [5, 5.41) is 11.9. The van der Waals surface area contributed by atoms with Crippen molar-refractivity contribution in [2.24, 2.45) is 0 Å². The summed E-state index contributed by atoms with van der Waals surface area (Å²) in [4.78, 5) is 25.1. The van der Waals surface area contributed by atoms with E-state index in [-0.39, 0.29) is 18.5 Å². The van der Waals surface area contributed by atoms with E-state index >= 15 is 0 Å². The highest BCUT2D eigenvalue weighted by Gasteiger charge is 2.29. The summed E-state index contributed by atoms with van der Waals surface area (Å²) in [5.74, 6) is 0.648. The lowest BCUT2D eigenvalue weighted by Crippen LogP contribution is -2.49. The molecule has 0 radical (unpaired) electrons. The molecule has 114 valence electrons. The van der Waals surface area contributed by atoms with Gasteiger partial charge in [-0.25, -0.2) is 4.79 Å². The van der Waals surface area contributed by atoms with Gasteiger partial charge in [0.05, 0.1) is 12.5 Å². The number of hydrogen-bond donors (Lipinski definition) is 2. The minimum atomic E-state index is -0.868. The van der Waals surface area contributed by atoms with Gasteiger partial charge < -0.3 is 15.3 Å². The lowest BCUT2D eigenvalue weighted by molar-refractivity contribution is -0.137. The number of nitrogens with zero attached hydrogens (tertiary/aromatic N) is 1. The molecule has 0 spiro atoms. The van der Waals surface area contributed by atoms with Gasteiger partial charge >= 0.3 is 12.0 Å². The molecule has 1 unspecified atom stereocenters. The zero-order chi connectivity index (χ0) is 15.4. The quantitative estimate of drug-likeness (QED) is 0.901. The number of carboxylic acid groups (broad SMARTS) is 1. The summed E-state index contributed by atoms with van der Waals surface area (Å²) in [6.07, 6.45) is -0.00677. The van der Waals surface area contributed by atoms with Crippen molar-refractivity contribution in [2.75, 3.05) is 23.4 Å². The molecule has 0 bridgehead atoms. The first-order valence-electron chi connectivity index (χ1n) is 6.92. The molecule has 1 aliphatic heterocycles. The number of nitrogens with one attached hydrogen (secondary N) is 1. The molecule has 1 aliphatic rings. The van der Waals surface area contributed by atoms with Crippen molar-refractivity contribution in [3.8, 4) is 0 Å². The molecule has 1 fully saturated rings. The second-order valence-electron chi connectivity index (χ2n) is 5.22. The van der Waals surface area contributed by atoms with E-state index < -0.39 is 5.97 Å². The molecule has 2 N–H and O–H groups in total. The molecule has 1 aromatic rings. The zero-order valence-corrected chi connectivity index (χ0v) is 13.1. The van der Waals surface area contributed by atoms with E-state index in [1.165, 1.54) is 0 Å². The first kappa shape index (κ1) is 15.7. The van der Waals surface area contributed by atoms with Gasteiger partial charge in [-0.15, -0.1) is 0 Å². The topological polar surface area (TPSA) is 69.6 Å². The molecule has 2 amide bonds. The predicted octanol–water partition coefficient (Wildman–Crippen LogP) is 2.73. The van der Waals surface area contributed by atoms with Crippen molar-refractivity contribution in [1.82, 2.24) is 4.90 Å². The molecule has 0 aromatic heterocycles. The Morgan fingerprint density at radius 3 is 2.67 bits per heavy atom. The monoisotopic (exact) mass is 308 g/mol. The Labute approximate surface area is 128 Å². The average Bonchev–Trinajstić information content (AvgIpc) is 2.43. The molecule has 21 heavy (non-hydrogen) atoms. The highest BCUT2D eigenvalue weighted by molar-refractivity contribution is 7.99. The summed E-state index contributed by atoms with van der Waals surface area (Å²) < 4.78 is 0. The second kappa shape index (κ2) is 6.85. The van der Waals surface area contributed by atoms with Gasteiger partial charge in [0.1, 0.15) is 0 Å². The Balaban J connectivity index is 2.12. The smallest absolute Gasteiger partial charge is 0.322 e. The zero-order valence-electron chi connectivity index (χ0n) is 12.3. The van der Waals surface area contributed by atoms with Crippen LogP contribution in [0.4, 0.5) is 10.5 Å². The Morgan fingerprint density at radius 1 is 1.38 bits per heavy atom. The summed E-state index contributed by atoms with van der Waals surface area (Å²) >= 11 is 1.69. The van der Waals surface area contributed by atoms with E-state index in [1.54, 1.807) is 16.7 Å². The van der Waals surface area contributed by atoms with Gasteiger partial charge in [0.15, 0.2) is 0 Å². The maximum Gasteiger partial charge on any atom is 0.322 e. The molecule has 2 rings (SSSR count). The third-order valence-electron chi connectivity index (χ3n) is 3.61. The average molecular weight is 308 g/mol. The number of carboxylic acids is 1. The van der Waals surface area contributed by atoms with Crippen molar-refractivity contribution >= 4 is 29.4 Å². The third-order valence-corrected chi connectivity index (χ3v) is 4.70. The number of benzene rings is 1. The standard InChI is InChI=1S/C15H20N2O3S/c1-10-4-3-5-11(2)14(10)16-15(20)17-6-7-21-9-12(17)8-13(18)19/h3-5,12H,6-9H2,1-2H3,(H,16,20)(H,18,19). The van der Waals surface area contributed by atoms with Crippen LogP contribution < -0.4 is 5.32 Å². The van der Waals surface area contributed by atoms with Crippen molar-refractivity contribution in [3.63, 3.8) is 0 Å². The fourth-order valence-corrected chi connectivity index (χ4v) is 3.55. The maximum atomic E-state index is 12.5. The lowest BCUT2D eigenvalue weighted by atomic mass is 10.1. The molecule has 6 heteroatoms. The Morgan fingerprint density at radius 2 is 2.05 bits per heavy atom. The van der Waals surface area contributed by atoms with Gasteiger partial charge in [0, 0.05) is 23.7 Å². The summed E-state index contributed by atoms with van der Waals surface area (Å²) in [6.45, 7) is 4.48. The van der Waals surface area contributed by atoms with E-state index in [0.29, 0.717) is 12.3 Å². The Kier molecular flexibility index (Phi) is 5.12. The van der Waals surface area contributed by atoms with E-state index in [2.05, 4.69) is 5.32 Å². The first-order chi connectivity index (χ1) is 9.99. The molecule has 1 atom stereocenters.